The van der Waals surface area contributed by atoms with Gasteiger partial charge in [-0.2, -0.15) is 0 Å². The zero-order chi connectivity index (χ0) is 17.9. The number of guanidine groups is 1. The van der Waals surface area contributed by atoms with Crippen LogP contribution in [0.1, 0.15) is 24.7 Å². The quantitative estimate of drug-likeness (QED) is 0.254. The maximum Gasteiger partial charge on any atom is 0.191 e. The van der Waals surface area contributed by atoms with Crippen LogP contribution in [0.4, 0.5) is 0 Å². The number of aryl methyl sites for hydroxylation is 2. The van der Waals surface area contributed by atoms with Crippen LogP contribution in [0, 0.1) is 6.92 Å². The second-order valence-corrected chi connectivity index (χ2v) is 5.69. The average Bonchev–Trinajstić information content (AvgIpc) is 3.09. The van der Waals surface area contributed by atoms with Crippen molar-refractivity contribution in [2.45, 2.75) is 33.2 Å². The van der Waals surface area contributed by atoms with Gasteiger partial charge in [-0.1, -0.05) is 25.1 Å². The van der Waals surface area contributed by atoms with Crippen LogP contribution in [0.15, 0.2) is 35.6 Å². The number of aromatic nitrogens is 3. The summed E-state index contributed by atoms with van der Waals surface area (Å²) in [6.45, 7) is 7.19. The van der Waals surface area contributed by atoms with Crippen molar-refractivity contribution in [3.8, 4) is 5.75 Å². The minimum Gasteiger partial charge on any atom is -0.493 e. The Bertz CT molecular complexity index is 673. The first-order valence-corrected chi connectivity index (χ1v) is 8.74. The Morgan fingerprint density at radius 1 is 1.23 bits per heavy atom. The maximum absolute atomic E-state index is 5.79. The minimum atomic E-state index is 0. The van der Waals surface area contributed by atoms with Crippen LogP contribution in [-0.2, 0) is 13.0 Å². The Morgan fingerprint density at radius 2 is 2.00 bits per heavy atom. The number of rotatable bonds is 9. The first kappa shape index (κ1) is 22.2. The van der Waals surface area contributed by atoms with E-state index in [0.29, 0.717) is 6.61 Å². The van der Waals surface area contributed by atoms with E-state index in [1.807, 2.05) is 18.2 Å². The van der Waals surface area contributed by atoms with Crippen LogP contribution in [-0.4, -0.2) is 47.5 Å². The lowest BCUT2D eigenvalue weighted by Gasteiger charge is -2.13. The third kappa shape index (κ3) is 7.19. The monoisotopic (exact) mass is 472 g/mol. The van der Waals surface area contributed by atoms with E-state index in [0.717, 1.165) is 55.6 Å². The van der Waals surface area contributed by atoms with E-state index in [4.69, 9.17) is 4.74 Å². The number of ether oxygens (including phenoxy) is 1. The van der Waals surface area contributed by atoms with E-state index in [9.17, 15) is 0 Å². The molecule has 0 atom stereocenters. The SMILES string of the molecule is CCc1nncn1CCNC(=NC)NCCCOc1ccccc1C.I. The van der Waals surface area contributed by atoms with Crippen LogP contribution in [0.5, 0.6) is 5.75 Å². The molecule has 7 nitrogen and oxygen atoms in total. The van der Waals surface area contributed by atoms with Crippen molar-refractivity contribution >= 4 is 29.9 Å². The predicted octanol–water partition coefficient (Wildman–Crippen LogP) is 2.40. The first-order valence-electron chi connectivity index (χ1n) is 8.74. The molecule has 0 spiro atoms. The average molecular weight is 472 g/mol. The summed E-state index contributed by atoms with van der Waals surface area (Å²) in [5, 5.41) is 14.6. The second-order valence-electron chi connectivity index (χ2n) is 5.69. The normalized spacial score (nSPS) is 11.0. The fraction of sp³-hybridized carbons (Fsp3) is 0.500. The maximum atomic E-state index is 5.79. The molecule has 0 aliphatic carbocycles. The number of halogens is 1. The Kier molecular flexibility index (Phi) is 10.7. The first-order chi connectivity index (χ1) is 12.2. The highest BCUT2D eigenvalue weighted by molar-refractivity contribution is 14.0. The van der Waals surface area contributed by atoms with Gasteiger partial charge in [-0.05, 0) is 25.0 Å². The van der Waals surface area contributed by atoms with Crippen molar-refractivity contribution in [1.29, 1.82) is 0 Å². The van der Waals surface area contributed by atoms with E-state index in [-0.39, 0.29) is 24.0 Å². The van der Waals surface area contributed by atoms with Gasteiger partial charge in [0.2, 0.25) is 0 Å². The van der Waals surface area contributed by atoms with Crippen molar-refractivity contribution in [3.63, 3.8) is 0 Å². The minimum absolute atomic E-state index is 0. The summed E-state index contributed by atoms with van der Waals surface area (Å²) in [5.41, 5.74) is 1.16. The molecule has 0 unspecified atom stereocenters. The highest BCUT2D eigenvalue weighted by Crippen LogP contribution is 2.15. The van der Waals surface area contributed by atoms with Gasteiger partial charge in [0, 0.05) is 33.1 Å². The third-order valence-electron chi connectivity index (χ3n) is 3.85. The molecule has 1 aromatic carbocycles. The number of benzene rings is 1. The highest BCUT2D eigenvalue weighted by Gasteiger charge is 2.02. The molecule has 26 heavy (non-hydrogen) atoms. The standard InChI is InChI=1S/C18H28N6O.HI/c1-4-17-23-22-14-24(17)12-11-21-18(19-3)20-10-7-13-25-16-9-6-5-8-15(16)2;/h5-6,8-9,14H,4,7,10-13H2,1-3H3,(H2,19,20,21);1H. The second kappa shape index (κ2) is 12.5. The van der Waals surface area contributed by atoms with Gasteiger partial charge in [-0.3, -0.25) is 4.99 Å². The van der Waals surface area contributed by atoms with E-state index in [1.54, 1.807) is 13.4 Å². The highest BCUT2D eigenvalue weighted by atomic mass is 127. The molecule has 0 bridgehead atoms. The van der Waals surface area contributed by atoms with Gasteiger partial charge in [-0.15, -0.1) is 34.2 Å². The van der Waals surface area contributed by atoms with Gasteiger partial charge in [-0.25, -0.2) is 0 Å². The van der Waals surface area contributed by atoms with E-state index in [2.05, 4.69) is 50.3 Å². The Morgan fingerprint density at radius 3 is 2.73 bits per heavy atom. The van der Waals surface area contributed by atoms with E-state index >= 15 is 0 Å². The molecule has 0 aliphatic heterocycles. The van der Waals surface area contributed by atoms with Gasteiger partial charge >= 0.3 is 0 Å². The third-order valence-corrected chi connectivity index (χ3v) is 3.85. The van der Waals surface area contributed by atoms with E-state index < -0.39 is 0 Å². The molecular formula is C18H29IN6O. The smallest absolute Gasteiger partial charge is 0.191 e. The van der Waals surface area contributed by atoms with Crippen molar-refractivity contribution in [3.05, 3.63) is 42.0 Å². The molecule has 0 saturated heterocycles. The number of hydrogen-bond acceptors (Lipinski definition) is 4. The summed E-state index contributed by atoms with van der Waals surface area (Å²) >= 11 is 0. The molecule has 1 aromatic heterocycles. The van der Waals surface area contributed by atoms with Crippen LogP contribution < -0.4 is 15.4 Å². The number of nitrogens with zero attached hydrogens (tertiary/aromatic N) is 4. The fourth-order valence-electron chi connectivity index (χ4n) is 2.43. The fourth-order valence-corrected chi connectivity index (χ4v) is 2.43. The summed E-state index contributed by atoms with van der Waals surface area (Å²) in [6.07, 6.45) is 3.55. The molecule has 0 aliphatic rings. The number of para-hydroxylation sites is 1. The Balaban J connectivity index is 0.00000338. The van der Waals surface area contributed by atoms with Gasteiger partial charge in [0.1, 0.15) is 17.9 Å². The summed E-state index contributed by atoms with van der Waals surface area (Å²) < 4.78 is 7.84. The number of nitrogens with one attached hydrogen (secondary N) is 2. The summed E-state index contributed by atoms with van der Waals surface area (Å²) in [4.78, 5) is 4.23. The van der Waals surface area contributed by atoms with Crippen LogP contribution in [0.2, 0.25) is 0 Å². The molecule has 1 heterocycles. The molecule has 144 valence electrons. The molecule has 0 fully saturated rings. The molecule has 2 rings (SSSR count). The van der Waals surface area contributed by atoms with Crippen molar-refractivity contribution in [2.24, 2.45) is 4.99 Å². The van der Waals surface area contributed by atoms with Crippen LogP contribution in [0.25, 0.3) is 0 Å². The predicted molar refractivity (Wildman–Crippen MR) is 115 cm³/mol. The lowest BCUT2D eigenvalue weighted by atomic mass is 10.2. The van der Waals surface area contributed by atoms with Crippen LogP contribution in [0.3, 0.4) is 0 Å². The summed E-state index contributed by atoms with van der Waals surface area (Å²) in [7, 11) is 1.77. The zero-order valence-corrected chi connectivity index (χ0v) is 18.1. The molecule has 8 heteroatoms. The van der Waals surface area contributed by atoms with Crippen molar-refractivity contribution < 1.29 is 4.74 Å². The largest absolute Gasteiger partial charge is 0.493 e. The molecular weight excluding hydrogens is 443 g/mol. The summed E-state index contributed by atoms with van der Waals surface area (Å²) in [6, 6.07) is 8.06. The lowest BCUT2D eigenvalue weighted by molar-refractivity contribution is 0.309. The van der Waals surface area contributed by atoms with Crippen LogP contribution >= 0.6 is 24.0 Å². The van der Waals surface area contributed by atoms with Gasteiger partial charge in [0.25, 0.3) is 0 Å². The molecule has 0 radical (unpaired) electrons. The van der Waals surface area contributed by atoms with Gasteiger partial charge in [0.05, 0.1) is 6.61 Å². The number of hydrogen-bond donors (Lipinski definition) is 2. The van der Waals surface area contributed by atoms with Gasteiger partial charge < -0.3 is 19.9 Å². The Labute approximate surface area is 172 Å². The van der Waals surface area contributed by atoms with Gasteiger partial charge in [0.15, 0.2) is 5.96 Å². The zero-order valence-electron chi connectivity index (χ0n) is 15.7. The molecule has 0 saturated carbocycles. The summed E-state index contributed by atoms with van der Waals surface area (Å²) in [5.74, 6) is 2.74. The van der Waals surface area contributed by atoms with E-state index in [1.165, 1.54) is 0 Å². The number of aliphatic imine (C=N–C) groups is 1. The topological polar surface area (TPSA) is 76.4 Å². The molecule has 0 amide bonds. The lowest BCUT2D eigenvalue weighted by Crippen LogP contribution is -2.39. The van der Waals surface area contributed by atoms with Crippen molar-refractivity contribution in [2.75, 3.05) is 26.7 Å². The molecule has 2 aromatic rings. The Hall–Kier alpha value is -1.84. The molecule has 2 N–H and O–H groups in total. The van der Waals surface area contributed by atoms with Crippen molar-refractivity contribution in [1.82, 2.24) is 25.4 Å².